The highest BCUT2D eigenvalue weighted by atomic mass is 32.1. The Hall–Kier alpha value is -1.24. The Morgan fingerprint density at radius 1 is 1.45 bits per heavy atom. The van der Waals surface area contributed by atoms with Gasteiger partial charge in [0, 0.05) is 41.5 Å². The van der Waals surface area contributed by atoms with Crippen molar-refractivity contribution < 1.29 is 9.53 Å². The standard InChI is InChI=1S/C16H20N2O2S2/c1-11-10-22-16(17-11)14(9-13-3-2-8-21-13)18-15(19)12-4-6-20-7-5-12/h2-3,8,10,12,14H,4-7,9H2,1H3,(H,18,19)/t14-/m0/s1. The third-order valence-electron chi connectivity index (χ3n) is 3.83. The lowest BCUT2D eigenvalue weighted by Crippen LogP contribution is -2.37. The Bertz CT molecular complexity index is 603. The van der Waals surface area contributed by atoms with Crippen molar-refractivity contribution in [1.29, 1.82) is 0 Å². The highest BCUT2D eigenvalue weighted by Gasteiger charge is 2.26. The molecule has 1 N–H and O–H groups in total. The van der Waals surface area contributed by atoms with E-state index in [4.69, 9.17) is 4.74 Å². The number of hydrogen-bond acceptors (Lipinski definition) is 5. The quantitative estimate of drug-likeness (QED) is 0.911. The molecule has 1 aliphatic rings. The number of aryl methyl sites for hydroxylation is 1. The fraction of sp³-hybridized carbons (Fsp3) is 0.500. The van der Waals surface area contributed by atoms with Crippen LogP contribution in [0, 0.1) is 12.8 Å². The number of thiophene rings is 1. The van der Waals surface area contributed by atoms with Crippen LogP contribution in [0.25, 0.3) is 0 Å². The second kappa shape index (κ2) is 7.35. The van der Waals surface area contributed by atoms with Crippen molar-refractivity contribution in [2.75, 3.05) is 13.2 Å². The number of nitrogens with one attached hydrogen (secondary N) is 1. The van der Waals surface area contributed by atoms with Crippen molar-refractivity contribution in [3.8, 4) is 0 Å². The summed E-state index contributed by atoms with van der Waals surface area (Å²) in [5.74, 6) is 0.207. The van der Waals surface area contributed by atoms with Crippen molar-refractivity contribution in [3.05, 3.63) is 38.5 Å². The first-order valence-electron chi connectivity index (χ1n) is 7.55. The van der Waals surface area contributed by atoms with Crippen LogP contribution in [-0.2, 0) is 16.0 Å². The molecule has 0 aliphatic carbocycles. The Balaban J connectivity index is 1.71. The van der Waals surface area contributed by atoms with Crippen LogP contribution >= 0.6 is 22.7 Å². The number of carbonyl (C=O) groups excluding carboxylic acids is 1. The summed E-state index contributed by atoms with van der Waals surface area (Å²) in [6, 6.07) is 4.12. The second-order valence-corrected chi connectivity index (χ2v) is 7.48. The van der Waals surface area contributed by atoms with Crippen molar-refractivity contribution in [2.24, 2.45) is 5.92 Å². The summed E-state index contributed by atoms with van der Waals surface area (Å²) in [6.45, 7) is 3.36. The fourth-order valence-electron chi connectivity index (χ4n) is 2.61. The summed E-state index contributed by atoms with van der Waals surface area (Å²) in [5.41, 5.74) is 1.01. The highest BCUT2D eigenvalue weighted by molar-refractivity contribution is 7.10. The van der Waals surface area contributed by atoms with Crippen LogP contribution in [-0.4, -0.2) is 24.1 Å². The van der Waals surface area contributed by atoms with Gasteiger partial charge in [-0.3, -0.25) is 4.79 Å². The van der Waals surface area contributed by atoms with E-state index >= 15 is 0 Å². The lowest BCUT2D eigenvalue weighted by molar-refractivity contribution is -0.128. The summed E-state index contributed by atoms with van der Waals surface area (Å²) in [6.07, 6.45) is 2.43. The third kappa shape index (κ3) is 3.94. The lowest BCUT2D eigenvalue weighted by atomic mass is 9.99. The highest BCUT2D eigenvalue weighted by Crippen LogP contribution is 2.25. The third-order valence-corrected chi connectivity index (χ3v) is 5.80. The largest absolute Gasteiger partial charge is 0.381 e. The lowest BCUT2D eigenvalue weighted by Gasteiger charge is -2.24. The molecule has 0 aromatic carbocycles. The number of hydrogen-bond donors (Lipinski definition) is 1. The molecule has 1 atom stereocenters. The van der Waals surface area contributed by atoms with E-state index in [-0.39, 0.29) is 17.9 Å². The first-order chi connectivity index (χ1) is 10.7. The minimum absolute atomic E-state index is 0.0345. The van der Waals surface area contributed by atoms with Crippen LogP contribution in [0.4, 0.5) is 0 Å². The number of rotatable bonds is 5. The number of carbonyl (C=O) groups is 1. The SMILES string of the molecule is Cc1csc([C@H](Cc2cccs2)NC(=O)C2CCOCC2)n1. The van der Waals surface area contributed by atoms with Crippen LogP contribution in [0.1, 0.15) is 34.5 Å². The Morgan fingerprint density at radius 3 is 2.91 bits per heavy atom. The van der Waals surface area contributed by atoms with E-state index in [9.17, 15) is 4.79 Å². The molecule has 6 heteroatoms. The van der Waals surface area contributed by atoms with Crippen molar-refractivity contribution in [1.82, 2.24) is 10.3 Å². The summed E-state index contributed by atoms with van der Waals surface area (Å²) in [5, 5.41) is 8.31. The first-order valence-corrected chi connectivity index (χ1v) is 9.31. The fourth-order valence-corrected chi connectivity index (χ4v) is 4.21. The average molecular weight is 336 g/mol. The molecule has 1 aliphatic heterocycles. The van der Waals surface area contributed by atoms with E-state index in [1.165, 1.54) is 4.88 Å². The average Bonchev–Trinajstić information content (AvgIpc) is 3.19. The molecule has 118 valence electrons. The molecule has 0 spiro atoms. The molecular weight excluding hydrogens is 316 g/mol. The predicted molar refractivity (Wildman–Crippen MR) is 89.3 cm³/mol. The minimum Gasteiger partial charge on any atom is -0.381 e. The van der Waals surface area contributed by atoms with Gasteiger partial charge in [-0.15, -0.1) is 22.7 Å². The smallest absolute Gasteiger partial charge is 0.223 e. The maximum atomic E-state index is 12.5. The summed E-state index contributed by atoms with van der Waals surface area (Å²) in [4.78, 5) is 18.4. The zero-order valence-corrected chi connectivity index (χ0v) is 14.2. The van der Waals surface area contributed by atoms with Gasteiger partial charge < -0.3 is 10.1 Å². The summed E-state index contributed by atoms with van der Waals surface area (Å²) in [7, 11) is 0. The van der Waals surface area contributed by atoms with Crippen molar-refractivity contribution in [2.45, 2.75) is 32.2 Å². The van der Waals surface area contributed by atoms with Crippen LogP contribution < -0.4 is 5.32 Å². The van der Waals surface area contributed by atoms with E-state index in [2.05, 4.69) is 21.7 Å². The van der Waals surface area contributed by atoms with Crippen LogP contribution in [0.5, 0.6) is 0 Å². The minimum atomic E-state index is -0.0345. The normalized spacial score (nSPS) is 17.3. The zero-order chi connectivity index (χ0) is 15.4. The molecule has 0 saturated carbocycles. The van der Waals surface area contributed by atoms with Gasteiger partial charge in [-0.2, -0.15) is 0 Å². The topological polar surface area (TPSA) is 51.2 Å². The molecule has 3 heterocycles. The number of thiazole rings is 1. The molecule has 0 bridgehead atoms. The van der Waals surface area contributed by atoms with Gasteiger partial charge in [0.25, 0.3) is 0 Å². The van der Waals surface area contributed by atoms with Gasteiger partial charge in [0.1, 0.15) is 5.01 Å². The Labute approximate surface area is 138 Å². The van der Waals surface area contributed by atoms with Crippen LogP contribution in [0.15, 0.2) is 22.9 Å². The summed E-state index contributed by atoms with van der Waals surface area (Å²) >= 11 is 3.34. The van der Waals surface area contributed by atoms with Gasteiger partial charge in [0.2, 0.25) is 5.91 Å². The molecule has 4 nitrogen and oxygen atoms in total. The Morgan fingerprint density at radius 2 is 2.27 bits per heavy atom. The first kappa shape index (κ1) is 15.6. The van der Waals surface area contributed by atoms with E-state index in [0.29, 0.717) is 13.2 Å². The van der Waals surface area contributed by atoms with Gasteiger partial charge in [0.05, 0.1) is 6.04 Å². The molecule has 1 fully saturated rings. The van der Waals surface area contributed by atoms with E-state index < -0.39 is 0 Å². The predicted octanol–water partition coefficient (Wildman–Crippen LogP) is 3.34. The van der Waals surface area contributed by atoms with Gasteiger partial charge in [0.15, 0.2) is 0 Å². The molecule has 2 aromatic heterocycles. The van der Waals surface area contributed by atoms with E-state index in [0.717, 1.165) is 30.0 Å². The number of nitrogens with zero attached hydrogens (tertiary/aromatic N) is 1. The molecule has 1 amide bonds. The molecule has 1 saturated heterocycles. The van der Waals surface area contributed by atoms with Gasteiger partial charge >= 0.3 is 0 Å². The molecule has 3 rings (SSSR count). The van der Waals surface area contributed by atoms with Gasteiger partial charge in [-0.05, 0) is 31.2 Å². The Kier molecular flexibility index (Phi) is 5.23. The maximum absolute atomic E-state index is 12.5. The van der Waals surface area contributed by atoms with Crippen molar-refractivity contribution in [3.63, 3.8) is 0 Å². The molecule has 22 heavy (non-hydrogen) atoms. The number of ether oxygens (including phenoxy) is 1. The molecule has 0 radical (unpaired) electrons. The molecular formula is C16H20N2O2S2. The van der Waals surface area contributed by atoms with Gasteiger partial charge in [-0.25, -0.2) is 4.98 Å². The van der Waals surface area contributed by atoms with Crippen LogP contribution in [0.3, 0.4) is 0 Å². The maximum Gasteiger partial charge on any atom is 0.223 e. The van der Waals surface area contributed by atoms with Crippen LogP contribution in [0.2, 0.25) is 0 Å². The molecule has 0 unspecified atom stereocenters. The van der Waals surface area contributed by atoms with E-state index in [1.54, 1.807) is 22.7 Å². The van der Waals surface area contributed by atoms with E-state index in [1.807, 2.05) is 18.4 Å². The number of amides is 1. The summed E-state index contributed by atoms with van der Waals surface area (Å²) < 4.78 is 5.34. The zero-order valence-electron chi connectivity index (χ0n) is 12.6. The second-order valence-electron chi connectivity index (χ2n) is 5.56. The monoisotopic (exact) mass is 336 g/mol. The van der Waals surface area contributed by atoms with Gasteiger partial charge in [-0.1, -0.05) is 6.07 Å². The number of aromatic nitrogens is 1. The van der Waals surface area contributed by atoms with Crippen molar-refractivity contribution >= 4 is 28.6 Å². The molecule has 2 aromatic rings.